The van der Waals surface area contributed by atoms with Gasteiger partial charge in [0.05, 0.1) is 18.5 Å². The third-order valence-electron chi connectivity index (χ3n) is 7.16. The maximum absolute atomic E-state index is 12.0. The van der Waals surface area contributed by atoms with Gasteiger partial charge in [-0.25, -0.2) is 8.42 Å². The SMILES string of the molecule is CCCCC/C=C\C/C=C\CCCCCCCCOC1CN(S(C)(=O)=O)CC1OCCCCCCCC. The molecule has 1 rings (SSSR count). The van der Waals surface area contributed by atoms with Gasteiger partial charge in [-0.2, -0.15) is 4.31 Å². The number of unbranched alkanes of at least 4 members (excludes halogenated alkanes) is 14. The third-order valence-corrected chi connectivity index (χ3v) is 8.39. The molecule has 6 heteroatoms. The van der Waals surface area contributed by atoms with Gasteiger partial charge in [-0.1, -0.05) is 109 Å². The number of allylic oxidation sites excluding steroid dienone is 4. The van der Waals surface area contributed by atoms with Gasteiger partial charge in [0.1, 0.15) is 0 Å². The zero-order valence-electron chi connectivity index (χ0n) is 24.5. The van der Waals surface area contributed by atoms with Crippen molar-refractivity contribution in [3.63, 3.8) is 0 Å². The molecule has 1 aliphatic heterocycles. The van der Waals surface area contributed by atoms with Gasteiger partial charge in [-0.15, -0.1) is 0 Å². The van der Waals surface area contributed by atoms with Crippen LogP contribution in [0.2, 0.25) is 0 Å². The molecule has 0 aromatic heterocycles. The van der Waals surface area contributed by atoms with Crippen molar-refractivity contribution in [3.8, 4) is 0 Å². The molecule has 0 aromatic carbocycles. The number of sulfonamides is 1. The van der Waals surface area contributed by atoms with Gasteiger partial charge in [-0.05, 0) is 44.9 Å². The number of nitrogens with zero attached hydrogens (tertiary/aromatic N) is 1. The molecule has 1 aliphatic rings. The molecule has 2 unspecified atom stereocenters. The third kappa shape index (κ3) is 19.1. The Bertz CT molecular complexity index is 677. The number of hydrogen-bond donors (Lipinski definition) is 0. The summed E-state index contributed by atoms with van der Waals surface area (Å²) in [4.78, 5) is 0. The average Bonchev–Trinajstić information content (AvgIpc) is 3.29. The van der Waals surface area contributed by atoms with Gasteiger partial charge in [0.15, 0.2) is 0 Å². The zero-order valence-corrected chi connectivity index (χ0v) is 25.3. The molecule has 1 heterocycles. The summed E-state index contributed by atoms with van der Waals surface area (Å²) in [6.45, 7) is 6.70. The van der Waals surface area contributed by atoms with Gasteiger partial charge in [0.2, 0.25) is 10.0 Å². The molecule has 218 valence electrons. The normalized spacial score (nSPS) is 19.1. The molecule has 0 radical (unpaired) electrons. The van der Waals surface area contributed by atoms with E-state index >= 15 is 0 Å². The smallest absolute Gasteiger partial charge is 0.211 e. The van der Waals surface area contributed by atoms with Crippen LogP contribution in [0.5, 0.6) is 0 Å². The maximum Gasteiger partial charge on any atom is 0.211 e. The predicted molar refractivity (Wildman–Crippen MR) is 159 cm³/mol. The first-order valence-electron chi connectivity index (χ1n) is 15.5. The van der Waals surface area contributed by atoms with Crippen LogP contribution in [-0.2, 0) is 19.5 Å². The lowest BCUT2D eigenvalue weighted by molar-refractivity contribution is -0.0481. The van der Waals surface area contributed by atoms with Crippen LogP contribution in [0.3, 0.4) is 0 Å². The highest BCUT2D eigenvalue weighted by molar-refractivity contribution is 7.88. The lowest BCUT2D eigenvalue weighted by Gasteiger charge is -2.19. The number of rotatable bonds is 25. The summed E-state index contributed by atoms with van der Waals surface area (Å²) in [5.74, 6) is 0. The van der Waals surface area contributed by atoms with Crippen LogP contribution in [-0.4, -0.2) is 57.5 Å². The second-order valence-electron chi connectivity index (χ2n) is 10.8. The van der Waals surface area contributed by atoms with Crippen molar-refractivity contribution >= 4 is 10.0 Å². The standard InChI is InChI=1S/C31H59NO4S/c1-4-6-8-10-12-13-14-15-16-17-18-19-20-21-23-25-27-36-31-29-32(37(3,33)34)28-30(31)35-26-24-22-11-9-7-5-2/h12-13,15-16,30-31H,4-11,14,17-29H2,1-3H3/b13-12-,16-15-. The Kier molecular flexibility index (Phi) is 21.5. The quantitative estimate of drug-likeness (QED) is 0.0863. The summed E-state index contributed by atoms with van der Waals surface area (Å²) >= 11 is 0. The Balaban J connectivity index is 2.08. The predicted octanol–water partition coefficient (Wildman–Crippen LogP) is 8.21. The molecule has 0 aromatic rings. The first-order valence-corrected chi connectivity index (χ1v) is 17.3. The van der Waals surface area contributed by atoms with E-state index in [1.54, 1.807) is 0 Å². The van der Waals surface area contributed by atoms with Crippen LogP contribution < -0.4 is 0 Å². The number of ether oxygens (including phenoxy) is 2. The molecule has 0 bridgehead atoms. The van der Waals surface area contributed by atoms with E-state index in [9.17, 15) is 8.42 Å². The van der Waals surface area contributed by atoms with E-state index < -0.39 is 10.0 Å². The van der Waals surface area contributed by atoms with Crippen molar-refractivity contribution in [3.05, 3.63) is 24.3 Å². The molecule has 0 N–H and O–H groups in total. The highest BCUT2D eigenvalue weighted by Gasteiger charge is 2.38. The molecule has 0 saturated carbocycles. The molecular formula is C31H59NO4S. The monoisotopic (exact) mass is 541 g/mol. The molecular weight excluding hydrogens is 482 g/mol. The van der Waals surface area contributed by atoms with Crippen LogP contribution in [0.4, 0.5) is 0 Å². The lowest BCUT2D eigenvalue weighted by atomic mass is 10.1. The van der Waals surface area contributed by atoms with Crippen LogP contribution >= 0.6 is 0 Å². The van der Waals surface area contributed by atoms with E-state index in [0.29, 0.717) is 26.3 Å². The van der Waals surface area contributed by atoms with Gasteiger partial charge >= 0.3 is 0 Å². The summed E-state index contributed by atoms with van der Waals surface area (Å²) in [5.41, 5.74) is 0. The molecule has 0 aliphatic carbocycles. The van der Waals surface area contributed by atoms with Crippen LogP contribution in [0.25, 0.3) is 0 Å². The minimum absolute atomic E-state index is 0.144. The van der Waals surface area contributed by atoms with Crippen molar-refractivity contribution in [1.29, 1.82) is 0 Å². The first-order chi connectivity index (χ1) is 18.0. The van der Waals surface area contributed by atoms with Crippen molar-refractivity contribution in [2.24, 2.45) is 0 Å². The minimum atomic E-state index is -3.21. The maximum atomic E-state index is 12.0. The van der Waals surface area contributed by atoms with E-state index in [1.807, 2.05) is 0 Å². The van der Waals surface area contributed by atoms with Crippen molar-refractivity contribution in [1.82, 2.24) is 4.31 Å². The van der Waals surface area contributed by atoms with Crippen molar-refractivity contribution in [2.45, 2.75) is 142 Å². The van der Waals surface area contributed by atoms with Gasteiger partial charge in [-0.3, -0.25) is 0 Å². The van der Waals surface area contributed by atoms with Gasteiger partial charge in [0, 0.05) is 26.3 Å². The molecule has 0 spiro atoms. The molecule has 2 atom stereocenters. The second-order valence-corrected chi connectivity index (χ2v) is 12.7. The van der Waals surface area contributed by atoms with Crippen LogP contribution in [0.15, 0.2) is 24.3 Å². The van der Waals surface area contributed by atoms with Gasteiger partial charge < -0.3 is 9.47 Å². The second kappa shape index (κ2) is 23.2. The Morgan fingerprint density at radius 3 is 1.51 bits per heavy atom. The van der Waals surface area contributed by atoms with Crippen molar-refractivity contribution in [2.75, 3.05) is 32.6 Å². The molecule has 37 heavy (non-hydrogen) atoms. The van der Waals surface area contributed by atoms with Crippen LogP contribution in [0.1, 0.15) is 129 Å². The van der Waals surface area contributed by atoms with Crippen LogP contribution in [0, 0.1) is 0 Å². The highest BCUT2D eigenvalue weighted by atomic mass is 32.2. The minimum Gasteiger partial charge on any atom is -0.374 e. The topological polar surface area (TPSA) is 55.8 Å². The fourth-order valence-electron chi connectivity index (χ4n) is 4.74. The van der Waals surface area contributed by atoms with Gasteiger partial charge in [0.25, 0.3) is 0 Å². The molecule has 0 amide bonds. The van der Waals surface area contributed by atoms with E-state index in [0.717, 1.165) is 19.3 Å². The van der Waals surface area contributed by atoms with E-state index in [-0.39, 0.29) is 12.2 Å². The fourth-order valence-corrected chi connectivity index (χ4v) is 5.58. The Morgan fingerprint density at radius 1 is 0.622 bits per heavy atom. The van der Waals surface area contributed by atoms with E-state index in [2.05, 4.69) is 38.2 Å². The fraction of sp³-hybridized carbons (Fsp3) is 0.871. The molecule has 5 nitrogen and oxygen atoms in total. The van der Waals surface area contributed by atoms with E-state index in [4.69, 9.17) is 9.47 Å². The molecule has 1 saturated heterocycles. The summed E-state index contributed by atoms with van der Waals surface area (Å²) in [6.07, 6.45) is 32.3. The molecule has 1 fully saturated rings. The Morgan fingerprint density at radius 2 is 1.03 bits per heavy atom. The zero-order chi connectivity index (χ0) is 27.0. The number of hydrogen-bond acceptors (Lipinski definition) is 4. The highest BCUT2D eigenvalue weighted by Crippen LogP contribution is 2.21. The summed E-state index contributed by atoms with van der Waals surface area (Å²) in [5, 5.41) is 0. The average molecular weight is 542 g/mol. The summed E-state index contributed by atoms with van der Waals surface area (Å²) < 4.78 is 37.8. The Labute approximate surface area is 230 Å². The largest absolute Gasteiger partial charge is 0.374 e. The summed E-state index contributed by atoms with van der Waals surface area (Å²) in [6, 6.07) is 0. The first kappa shape index (κ1) is 34.3. The van der Waals surface area contributed by atoms with E-state index in [1.165, 1.54) is 107 Å². The van der Waals surface area contributed by atoms with Crippen molar-refractivity contribution < 1.29 is 17.9 Å². The summed E-state index contributed by atoms with van der Waals surface area (Å²) in [7, 11) is -3.21. The lowest BCUT2D eigenvalue weighted by Crippen LogP contribution is -2.30. The Hall–Kier alpha value is -0.690.